The third-order valence-electron chi connectivity index (χ3n) is 12.3. The summed E-state index contributed by atoms with van der Waals surface area (Å²) < 4.78 is 230. The molecule has 2 atom stereocenters. The van der Waals surface area contributed by atoms with Crippen LogP contribution in [0.5, 0.6) is 0 Å². The summed E-state index contributed by atoms with van der Waals surface area (Å²) in [6, 6.07) is 7.88. The number of halogens is 21. The molecule has 0 saturated heterocycles. The standard InChI is InChI=1S/C11H12ClF3.C10H12F2.C9H15F3.C8H18.C6H13Cl.C6H9F5.C6H11F3O.C6H14.C5H9F3/c1-7(2)5-8-3-4-9(10(12)6-8)11(13,14)15;1-7(2)6-8-9(11)4-3-5-10(8)12;1-6(2)7-4-3-5-8(7)9(10,11)12;1-7(2)5-6-8(3)4;1-6(2)4-3-5-7;1-4(2)3-5(7,8)6(9,10)11;1-5(2)3-4-10-6(7,8)9;1-4-5-6(2)3;1-4(2)3-5(6,7)8/h3-4,6-7H,5H2,1-2H3;3-5,7H,6H2,1-2H3;6-8H,3-5H2,1-2H3;7-8H,5-6H2,1-4H3;6H,3-5H2,1-2H3;4H,3H2,1-2H3;5H,3-4H2,1-2H3;6H,4-5H2,1-3H3;4H,3H2,1-2H3. The minimum absolute atomic E-state index is 0.134. The van der Waals surface area contributed by atoms with Crippen LogP contribution in [0.25, 0.3) is 0 Å². The Hall–Kier alpha value is -2.35. The van der Waals surface area contributed by atoms with Crippen molar-refractivity contribution in [3.63, 3.8) is 0 Å². The summed E-state index contributed by atoms with van der Waals surface area (Å²) in [5.74, 6) is -2.13. The Bertz CT molecular complexity index is 1920. The molecule has 0 spiro atoms. The van der Waals surface area contributed by atoms with Crippen LogP contribution in [0.1, 0.15) is 239 Å². The van der Waals surface area contributed by atoms with Gasteiger partial charge in [0.2, 0.25) is 0 Å². The van der Waals surface area contributed by atoms with Crippen LogP contribution in [-0.2, 0) is 23.8 Å². The number of alkyl halides is 18. The van der Waals surface area contributed by atoms with Crippen molar-refractivity contribution in [3.05, 3.63) is 69.7 Å². The van der Waals surface area contributed by atoms with Crippen molar-refractivity contribution in [1.82, 2.24) is 0 Å². The van der Waals surface area contributed by atoms with E-state index in [0.717, 1.165) is 60.4 Å². The molecule has 1 aliphatic rings. The van der Waals surface area contributed by atoms with Gasteiger partial charge in [0.05, 0.1) is 23.1 Å². The van der Waals surface area contributed by atoms with Crippen molar-refractivity contribution in [2.75, 3.05) is 12.5 Å². The van der Waals surface area contributed by atoms with Crippen LogP contribution in [0.3, 0.4) is 0 Å². The van der Waals surface area contributed by atoms with Crippen LogP contribution in [-0.4, -0.2) is 43.3 Å². The lowest BCUT2D eigenvalue weighted by molar-refractivity contribution is -0.325. The van der Waals surface area contributed by atoms with Gasteiger partial charge in [-0.3, -0.25) is 4.74 Å². The fraction of sp³-hybridized carbons (Fsp3) is 0.821. The van der Waals surface area contributed by atoms with Gasteiger partial charge in [-0.15, -0.1) is 24.8 Å². The first-order valence-corrected chi connectivity index (χ1v) is 32.0. The largest absolute Gasteiger partial charge is 0.522 e. The van der Waals surface area contributed by atoms with E-state index in [2.05, 4.69) is 67.1 Å². The van der Waals surface area contributed by atoms with E-state index in [9.17, 15) is 83.4 Å². The van der Waals surface area contributed by atoms with E-state index in [4.69, 9.17) is 23.2 Å². The lowest BCUT2D eigenvalue weighted by Gasteiger charge is -2.25. The van der Waals surface area contributed by atoms with E-state index in [0.29, 0.717) is 25.2 Å². The molecule has 0 bridgehead atoms. The van der Waals surface area contributed by atoms with Gasteiger partial charge in [0.25, 0.3) is 0 Å². The molecule has 1 fully saturated rings. The molecule has 1 saturated carbocycles. The highest BCUT2D eigenvalue weighted by Gasteiger charge is 2.57. The van der Waals surface area contributed by atoms with Crippen LogP contribution in [0.4, 0.5) is 83.4 Å². The highest BCUT2D eigenvalue weighted by Crippen LogP contribution is 2.46. The lowest BCUT2D eigenvalue weighted by atomic mass is 9.86. The molecule has 0 amide bonds. The van der Waals surface area contributed by atoms with Gasteiger partial charge in [-0.25, -0.2) is 8.78 Å². The van der Waals surface area contributed by atoms with Crippen molar-refractivity contribution in [2.24, 2.45) is 71.0 Å². The summed E-state index contributed by atoms with van der Waals surface area (Å²) in [6.45, 7) is 41.1. The first-order chi connectivity index (χ1) is 40.0. The van der Waals surface area contributed by atoms with E-state index in [1.807, 2.05) is 55.4 Å². The maximum absolute atomic E-state index is 13.0. The van der Waals surface area contributed by atoms with Crippen LogP contribution in [0, 0.1) is 82.6 Å². The predicted octanol–water partition coefficient (Wildman–Crippen LogP) is 27.9. The average Bonchev–Trinajstić information content (AvgIpc) is 3.93. The van der Waals surface area contributed by atoms with Crippen molar-refractivity contribution >= 4 is 23.2 Å². The monoisotopic (exact) mass is 1360 g/mol. The van der Waals surface area contributed by atoms with Gasteiger partial charge < -0.3 is 0 Å². The molecule has 0 radical (unpaired) electrons. The Morgan fingerprint density at radius 2 is 0.933 bits per heavy atom. The Morgan fingerprint density at radius 1 is 0.506 bits per heavy atom. The number of rotatable bonds is 19. The fourth-order valence-corrected chi connectivity index (χ4v) is 8.41. The molecule has 0 heterocycles. The first kappa shape index (κ1) is 97.7. The minimum Gasteiger partial charge on any atom is -0.292 e. The predicted molar refractivity (Wildman–Crippen MR) is 332 cm³/mol. The summed E-state index contributed by atoms with van der Waals surface area (Å²) >= 11 is 11.0. The zero-order chi connectivity index (χ0) is 71.7. The van der Waals surface area contributed by atoms with Crippen molar-refractivity contribution < 1.29 is 88.2 Å². The highest BCUT2D eigenvalue weighted by molar-refractivity contribution is 6.31. The third kappa shape index (κ3) is 64.2. The van der Waals surface area contributed by atoms with Gasteiger partial charge in [0, 0.05) is 24.3 Å². The molecule has 2 aromatic carbocycles. The Balaban J connectivity index is -0.000000221. The molecule has 2 aromatic rings. The van der Waals surface area contributed by atoms with E-state index in [1.54, 1.807) is 13.8 Å². The van der Waals surface area contributed by atoms with E-state index in [1.165, 1.54) is 82.7 Å². The molecule has 0 aliphatic heterocycles. The molecular formula is C67H113Cl2F19O. The topological polar surface area (TPSA) is 9.23 Å². The molecule has 0 N–H and O–H groups in total. The zero-order valence-corrected chi connectivity index (χ0v) is 58.6. The molecule has 3 rings (SSSR count). The normalized spacial score (nSPS) is 14.6. The number of benzene rings is 2. The maximum atomic E-state index is 13.0. The van der Waals surface area contributed by atoms with Crippen LogP contribution in [0.15, 0.2) is 36.4 Å². The second-order valence-electron chi connectivity index (χ2n) is 26.5. The van der Waals surface area contributed by atoms with Crippen molar-refractivity contribution in [2.45, 2.75) is 272 Å². The van der Waals surface area contributed by atoms with Crippen molar-refractivity contribution in [1.29, 1.82) is 0 Å². The molecule has 89 heavy (non-hydrogen) atoms. The molecule has 534 valence electrons. The summed E-state index contributed by atoms with van der Waals surface area (Å²) in [5.41, 5.74) is 0.271. The summed E-state index contributed by atoms with van der Waals surface area (Å²) in [4.78, 5) is 0. The number of hydrogen-bond acceptors (Lipinski definition) is 1. The van der Waals surface area contributed by atoms with Gasteiger partial charge in [0.1, 0.15) is 11.6 Å². The van der Waals surface area contributed by atoms with Gasteiger partial charge in [-0.05, 0) is 140 Å². The Labute approximate surface area is 534 Å². The number of ether oxygens (including phenoxy) is 1. The van der Waals surface area contributed by atoms with Crippen LogP contribution >= 0.6 is 23.2 Å². The van der Waals surface area contributed by atoms with Crippen LogP contribution < -0.4 is 0 Å². The van der Waals surface area contributed by atoms with Crippen molar-refractivity contribution in [3.8, 4) is 0 Å². The van der Waals surface area contributed by atoms with E-state index in [-0.39, 0.29) is 46.8 Å². The average molecular weight is 1370 g/mol. The maximum Gasteiger partial charge on any atom is 0.522 e. The summed E-state index contributed by atoms with van der Waals surface area (Å²) in [5, 5.41) is -0.222. The third-order valence-corrected chi connectivity index (χ3v) is 12.9. The molecule has 2 unspecified atom stereocenters. The lowest BCUT2D eigenvalue weighted by Crippen LogP contribution is -2.37. The SMILES string of the molecule is CC(C)C1CCCC1C(F)(F)F.CC(C)CC(F)(F)C(F)(F)F.CC(C)CC(F)(F)F.CC(C)CCC(C)C.CC(C)CCCCl.CC(C)CCOC(F)(F)F.CC(C)Cc1c(F)cccc1F.CC(C)Cc1ccc(C(F)(F)F)c(Cl)c1.CCCC(C)C. The van der Waals surface area contributed by atoms with E-state index >= 15 is 0 Å². The highest BCUT2D eigenvalue weighted by atomic mass is 35.5. The van der Waals surface area contributed by atoms with Gasteiger partial charge in [-0.1, -0.05) is 201 Å². The Kier molecular flexibility index (Phi) is 55.0. The molecular weight excluding hydrogens is 1250 g/mol. The molecule has 1 aliphatic carbocycles. The molecule has 1 nitrogen and oxygen atoms in total. The van der Waals surface area contributed by atoms with E-state index < -0.39 is 78.9 Å². The van der Waals surface area contributed by atoms with Gasteiger partial charge >= 0.3 is 37.0 Å². The second-order valence-corrected chi connectivity index (χ2v) is 27.2. The first-order valence-electron chi connectivity index (χ1n) is 31.1. The molecule has 22 heteroatoms. The minimum atomic E-state index is -5.41. The van der Waals surface area contributed by atoms with Gasteiger partial charge in [0.15, 0.2) is 0 Å². The van der Waals surface area contributed by atoms with Gasteiger partial charge in [-0.2, -0.15) is 61.5 Å². The second kappa shape index (κ2) is 50.1. The summed E-state index contributed by atoms with van der Waals surface area (Å²) in [6.07, 6.45) is -12.6. The van der Waals surface area contributed by atoms with Crippen LogP contribution in [0.2, 0.25) is 5.02 Å². The number of hydrogen-bond donors (Lipinski definition) is 0. The smallest absolute Gasteiger partial charge is 0.292 e. The summed E-state index contributed by atoms with van der Waals surface area (Å²) in [7, 11) is 0. The quantitative estimate of drug-likeness (QED) is 0.101. The zero-order valence-electron chi connectivity index (χ0n) is 57.1. The Morgan fingerprint density at radius 3 is 1.17 bits per heavy atom. The molecule has 0 aromatic heterocycles. The fourth-order valence-electron chi connectivity index (χ4n) is 7.95.